The molecule has 50 heavy (non-hydrogen) atoms. The lowest BCUT2D eigenvalue weighted by atomic mass is 9.49. The van der Waals surface area contributed by atoms with Gasteiger partial charge in [-0.15, -0.1) is 0 Å². The maximum Gasteiger partial charge on any atom is 0.326 e. The quantitative estimate of drug-likeness (QED) is 0.126. The van der Waals surface area contributed by atoms with Crippen LogP contribution in [0.1, 0.15) is 122 Å². The third-order valence-electron chi connectivity index (χ3n) is 13.2. The van der Waals surface area contributed by atoms with Gasteiger partial charge >= 0.3 is 11.9 Å². The van der Waals surface area contributed by atoms with Crippen LogP contribution < -0.4 is 16.0 Å². The molecule has 0 aromatic carbocycles. The summed E-state index contributed by atoms with van der Waals surface area (Å²) >= 11 is 0. The largest absolute Gasteiger partial charge is 0.481 e. The van der Waals surface area contributed by atoms with Gasteiger partial charge in [0.1, 0.15) is 6.04 Å². The molecule has 4 amide bonds. The van der Waals surface area contributed by atoms with Crippen molar-refractivity contribution in [2.24, 2.45) is 46.3 Å². The minimum Gasteiger partial charge on any atom is -0.481 e. The Hall–Kier alpha value is -3.18. The number of aliphatic carboxylic acids is 2. The fourth-order valence-electron chi connectivity index (χ4n) is 12.2. The van der Waals surface area contributed by atoms with E-state index >= 15 is 0 Å². The van der Waals surface area contributed by atoms with Crippen LogP contribution in [0.2, 0.25) is 0 Å². The molecule has 278 valence electrons. The van der Waals surface area contributed by atoms with Crippen LogP contribution in [-0.2, 0) is 28.8 Å². The lowest BCUT2D eigenvalue weighted by Crippen LogP contribution is -2.48. The molecule has 8 saturated carbocycles. The van der Waals surface area contributed by atoms with Crippen LogP contribution in [0.3, 0.4) is 0 Å². The van der Waals surface area contributed by atoms with Crippen molar-refractivity contribution in [2.75, 3.05) is 26.2 Å². The first-order valence-electron chi connectivity index (χ1n) is 19.4. The fraction of sp³-hybridized carbons (Fsp3) is 0.842. The number of nitrogens with zero attached hydrogens (tertiary/aromatic N) is 1. The highest BCUT2D eigenvalue weighted by Gasteiger charge is 2.52. The van der Waals surface area contributed by atoms with Crippen LogP contribution in [-0.4, -0.2) is 82.9 Å². The number of nitrogens with one attached hydrogen (secondary N) is 3. The van der Waals surface area contributed by atoms with Gasteiger partial charge in [0.2, 0.25) is 23.6 Å². The molecule has 8 aliphatic rings. The Bertz CT molecular complexity index is 1180. The first-order valence-corrected chi connectivity index (χ1v) is 19.4. The summed E-state index contributed by atoms with van der Waals surface area (Å²) in [6.07, 6.45) is 16.1. The Balaban J connectivity index is 0.950. The van der Waals surface area contributed by atoms with Crippen molar-refractivity contribution < 1.29 is 39.0 Å². The zero-order valence-electron chi connectivity index (χ0n) is 29.6. The maximum absolute atomic E-state index is 13.3. The molecule has 5 N–H and O–H groups in total. The molecule has 12 nitrogen and oxygen atoms in total. The van der Waals surface area contributed by atoms with E-state index in [9.17, 15) is 33.9 Å². The Morgan fingerprint density at radius 2 is 1.00 bits per heavy atom. The third-order valence-corrected chi connectivity index (χ3v) is 13.2. The molecule has 8 aliphatic carbocycles. The Labute approximate surface area is 295 Å². The summed E-state index contributed by atoms with van der Waals surface area (Å²) in [5, 5.41) is 26.6. The molecule has 0 aromatic rings. The minimum absolute atomic E-state index is 0.0811. The third kappa shape index (κ3) is 9.37. The molecular formula is C38H58N4O8. The summed E-state index contributed by atoms with van der Waals surface area (Å²) in [5.74, 6) is 1.05. The number of carbonyl (C=O) groups excluding carboxylic acids is 4. The number of amides is 4. The topological polar surface area (TPSA) is 182 Å². The van der Waals surface area contributed by atoms with Crippen LogP contribution in [0, 0.1) is 46.3 Å². The molecule has 8 rings (SSSR count). The lowest BCUT2D eigenvalue weighted by molar-refractivity contribution is -0.147. The standard InChI is InChI=1S/C38H58N4O8/c43-31(41-30(36(49)50)15-35(47)48)3-4-34(46)42(7-1-5-39-32(44)22-37-16-24-9-25(17-37)11-26(10-24)18-37)8-2-6-40-33(45)23-38-19-27-12-28(20-38)14-29(13-27)21-38/h24-30H,1-23H2,(H,39,44)(H,40,45)(H,41,43)(H,47,48)(H,49,50). The summed E-state index contributed by atoms with van der Waals surface area (Å²) in [7, 11) is 0. The fourth-order valence-corrected chi connectivity index (χ4v) is 12.2. The second kappa shape index (κ2) is 15.6. The molecule has 0 spiro atoms. The van der Waals surface area contributed by atoms with Crippen LogP contribution in [0.5, 0.6) is 0 Å². The second-order valence-electron chi connectivity index (χ2n) is 17.5. The highest BCUT2D eigenvalue weighted by molar-refractivity contribution is 5.88. The van der Waals surface area contributed by atoms with Gasteiger partial charge in [0, 0.05) is 51.9 Å². The molecular weight excluding hydrogens is 640 g/mol. The summed E-state index contributed by atoms with van der Waals surface area (Å²) in [6.45, 7) is 1.62. The van der Waals surface area contributed by atoms with E-state index < -0.39 is 30.3 Å². The van der Waals surface area contributed by atoms with Crippen LogP contribution in [0.4, 0.5) is 0 Å². The van der Waals surface area contributed by atoms with E-state index in [2.05, 4.69) is 16.0 Å². The number of carboxylic acids is 2. The van der Waals surface area contributed by atoms with Crippen molar-refractivity contribution in [3.63, 3.8) is 0 Å². The van der Waals surface area contributed by atoms with E-state index in [1.807, 2.05) is 0 Å². The summed E-state index contributed by atoms with van der Waals surface area (Å²) < 4.78 is 0. The van der Waals surface area contributed by atoms with Crippen LogP contribution >= 0.6 is 0 Å². The predicted octanol–water partition coefficient (Wildman–Crippen LogP) is 3.86. The van der Waals surface area contributed by atoms with Crippen molar-refractivity contribution in [1.82, 2.24) is 20.9 Å². The summed E-state index contributed by atoms with van der Waals surface area (Å²) in [6, 6.07) is -1.57. The number of carboxylic acid groups (broad SMARTS) is 2. The first-order chi connectivity index (χ1) is 23.9. The normalized spacial score (nSPS) is 33.4. The molecule has 12 heteroatoms. The smallest absolute Gasteiger partial charge is 0.326 e. The van der Waals surface area contributed by atoms with E-state index in [0.29, 0.717) is 51.9 Å². The van der Waals surface area contributed by atoms with Crippen LogP contribution in [0.25, 0.3) is 0 Å². The van der Waals surface area contributed by atoms with Gasteiger partial charge < -0.3 is 31.1 Å². The SMILES string of the molecule is O=C(O)CC(NC(=O)CCC(=O)N(CCCNC(=O)CC12CC3CC(CC(C3)C1)C2)CCCNC(=O)CC12CC3CC(CC(C3)C1)C2)C(=O)O. The minimum atomic E-state index is -1.57. The van der Waals surface area contributed by atoms with Gasteiger partial charge in [-0.1, -0.05) is 0 Å². The zero-order valence-corrected chi connectivity index (χ0v) is 29.6. The lowest BCUT2D eigenvalue weighted by Gasteiger charge is -2.56. The number of hydrogen-bond acceptors (Lipinski definition) is 6. The monoisotopic (exact) mass is 698 g/mol. The Kier molecular flexibility index (Phi) is 11.4. The van der Waals surface area contributed by atoms with Crippen molar-refractivity contribution in [3.05, 3.63) is 0 Å². The predicted molar refractivity (Wildman–Crippen MR) is 183 cm³/mol. The number of rotatable bonds is 19. The first kappa shape index (κ1) is 36.6. The van der Waals surface area contributed by atoms with Gasteiger partial charge in [-0.05, 0) is 136 Å². The molecule has 1 unspecified atom stereocenters. The van der Waals surface area contributed by atoms with Crippen molar-refractivity contribution in [1.29, 1.82) is 0 Å². The van der Waals surface area contributed by atoms with Gasteiger partial charge in [-0.3, -0.25) is 24.0 Å². The number of hydrogen-bond donors (Lipinski definition) is 5. The summed E-state index contributed by atoms with van der Waals surface area (Å²) in [4.78, 5) is 75.8. The average molecular weight is 699 g/mol. The molecule has 0 aromatic heterocycles. The zero-order chi connectivity index (χ0) is 35.5. The molecule has 8 bridgehead atoms. The van der Waals surface area contributed by atoms with E-state index in [1.165, 1.54) is 77.0 Å². The Morgan fingerprint density at radius 1 is 0.600 bits per heavy atom. The second-order valence-corrected chi connectivity index (χ2v) is 17.5. The van der Waals surface area contributed by atoms with Gasteiger partial charge in [-0.25, -0.2) is 4.79 Å². The Morgan fingerprint density at radius 3 is 1.36 bits per heavy atom. The van der Waals surface area contributed by atoms with Gasteiger partial charge in [0.25, 0.3) is 0 Å². The molecule has 1 atom stereocenters. The van der Waals surface area contributed by atoms with E-state index in [-0.39, 0.29) is 41.4 Å². The van der Waals surface area contributed by atoms with Crippen molar-refractivity contribution in [2.45, 2.75) is 128 Å². The van der Waals surface area contributed by atoms with Crippen LogP contribution in [0.15, 0.2) is 0 Å². The van der Waals surface area contributed by atoms with E-state index in [1.54, 1.807) is 4.90 Å². The summed E-state index contributed by atoms with van der Waals surface area (Å²) in [5.41, 5.74) is 0.317. The van der Waals surface area contributed by atoms with E-state index in [0.717, 1.165) is 35.5 Å². The highest BCUT2D eigenvalue weighted by Crippen LogP contribution is 2.62. The van der Waals surface area contributed by atoms with Gasteiger partial charge in [0.15, 0.2) is 0 Å². The van der Waals surface area contributed by atoms with E-state index in [4.69, 9.17) is 5.11 Å². The van der Waals surface area contributed by atoms with Crippen molar-refractivity contribution in [3.8, 4) is 0 Å². The molecule has 0 radical (unpaired) electrons. The van der Waals surface area contributed by atoms with Gasteiger partial charge in [0.05, 0.1) is 6.42 Å². The molecule has 8 fully saturated rings. The van der Waals surface area contributed by atoms with Gasteiger partial charge in [-0.2, -0.15) is 0 Å². The molecule has 0 aliphatic heterocycles. The van der Waals surface area contributed by atoms with Crippen molar-refractivity contribution >= 4 is 35.6 Å². The number of carbonyl (C=O) groups is 6. The average Bonchev–Trinajstić information content (AvgIpc) is 3.00. The maximum atomic E-state index is 13.3. The molecule has 0 saturated heterocycles. The highest BCUT2D eigenvalue weighted by atomic mass is 16.4. The molecule has 0 heterocycles.